The van der Waals surface area contributed by atoms with E-state index < -0.39 is 0 Å². The number of rotatable bonds is 20. The Bertz CT molecular complexity index is 1060. The Hall–Kier alpha value is -2.60. The Kier molecular flexibility index (Phi) is 14.9. The molecule has 0 radical (unpaired) electrons. The Balaban J connectivity index is 1.35. The second-order valence-corrected chi connectivity index (χ2v) is 11.7. The molecule has 1 N–H and O–H groups in total. The molecular weight excluding hydrogens is 516 g/mol. The predicted molar refractivity (Wildman–Crippen MR) is 170 cm³/mol. The Morgan fingerprint density at radius 2 is 1.57 bits per heavy atom. The lowest BCUT2D eigenvalue weighted by atomic mass is 10.1. The molecule has 40 heavy (non-hydrogen) atoms. The van der Waals surface area contributed by atoms with E-state index in [2.05, 4.69) is 35.5 Å². The van der Waals surface area contributed by atoms with Gasteiger partial charge in [0.15, 0.2) is 11.5 Å². The summed E-state index contributed by atoms with van der Waals surface area (Å²) in [5.74, 6) is 2.33. The zero-order chi connectivity index (χ0) is 28.4. The third-order valence-corrected chi connectivity index (χ3v) is 8.45. The first-order chi connectivity index (χ1) is 19.6. The van der Waals surface area contributed by atoms with Crippen molar-refractivity contribution in [1.82, 2.24) is 4.90 Å². The van der Waals surface area contributed by atoms with Gasteiger partial charge in [0.25, 0.3) is 0 Å². The summed E-state index contributed by atoms with van der Waals surface area (Å²) < 4.78 is 11.6. The number of anilines is 1. The highest BCUT2D eigenvalue weighted by atomic mass is 32.2. The number of methoxy groups -OCH3 is 1. The molecule has 0 saturated heterocycles. The molecule has 0 bridgehead atoms. The molecule has 2 aromatic carbocycles. The van der Waals surface area contributed by atoms with Crippen molar-refractivity contribution in [3.05, 3.63) is 64.7 Å². The van der Waals surface area contributed by atoms with Crippen molar-refractivity contribution in [3.8, 4) is 11.5 Å². The zero-order valence-corrected chi connectivity index (χ0v) is 25.8. The summed E-state index contributed by atoms with van der Waals surface area (Å²) in [6.07, 6.45) is 16.2. The SMILES string of the molecule is CCCCCCCCCCCCCCOc1ccc(CC(=O)Nc2ccccc2CN2CSC=C2C)cc1OC. The molecule has 220 valence electrons. The fourth-order valence-electron chi connectivity index (χ4n) is 5.03. The lowest BCUT2D eigenvalue weighted by molar-refractivity contribution is -0.115. The minimum absolute atomic E-state index is 0.0391. The van der Waals surface area contributed by atoms with Gasteiger partial charge in [-0.05, 0) is 48.1 Å². The van der Waals surface area contributed by atoms with Crippen LogP contribution in [0.15, 0.2) is 53.6 Å². The lowest BCUT2D eigenvalue weighted by Gasteiger charge is -2.21. The predicted octanol–water partition coefficient (Wildman–Crippen LogP) is 9.32. The Morgan fingerprint density at radius 3 is 2.23 bits per heavy atom. The number of thioether (sulfide) groups is 1. The van der Waals surface area contributed by atoms with E-state index in [0.717, 1.165) is 41.4 Å². The molecule has 0 aromatic heterocycles. The molecule has 6 heteroatoms. The van der Waals surface area contributed by atoms with E-state index in [4.69, 9.17) is 9.47 Å². The summed E-state index contributed by atoms with van der Waals surface area (Å²) in [5.41, 5.74) is 4.15. The minimum atomic E-state index is -0.0391. The second-order valence-electron chi connectivity index (χ2n) is 10.9. The van der Waals surface area contributed by atoms with Crippen molar-refractivity contribution in [2.75, 3.05) is 24.9 Å². The summed E-state index contributed by atoms with van der Waals surface area (Å²) in [6, 6.07) is 13.8. The van der Waals surface area contributed by atoms with Crippen molar-refractivity contribution in [1.29, 1.82) is 0 Å². The van der Waals surface area contributed by atoms with Gasteiger partial charge in [-0.3, -0.25) is 4.79 Å². The molecule has 1 aliphatic rings. The number of ether oxygens (including phenoxy) is 2. The number of nitrogens with one attached hydrogen (secondary N) is 1. The van der Waals surface area contributed by atoms with Crippen LogP contribution in [-0.2, 0) is 17.8 Å². The fraction of sp³-hybridized carbons (Fsp3) is 0.559. The van der Waals surface area contributed by atoms with Crippen LogP contribution in [0, 0.1) is 0 Å². The molecule has 3 rings (SSSR count). The monoisotopic (exact) mass is 566 g/mol. The van der Waals surface area contributed by atoms with Gasteiger partial charge in [0, 0.05) is 17.9 Å². The second kappa shape index (κ2) is 18.7. The van der Waals surface area contributed by atoms with Crippen molar-refractivity contribution in [2.24, 2.45) is 0 Å². The number of benzene rings is 2. The summed E-state index contributed by atoms with van der Waals surface area (Å²) in [6.45, 7) is 5.87. The third kappa shape index (κ3) is 11.5. The molecule has 0 aliphatic carbocycles. The lowest BCUT2D eigenvalue weighted by Crippen LogP contribution is -2.20. The summed E-state index contributed by atoms with van der Waals surface area (Å²) >= 11 is 1.80. The molecule has 0 fully saturated rings. The van der Waals surface area contributed by atoms with Crippen molar-refractivity contribution in [2.45, 2.75) is 104 Å². The van der Waals surface area contributed by atoms with Gasteiger partial charge in [-0.25, -0.2) is 0 Å². The van der Waals surface area contributed by atoms with E-state index in [-0.39, 0.29) is 12.3 Å². The highest BCUT2D eigenvalue weighted by Gasteiger charge is 2.15. The number of amides is 1. The molecule has 0 saturated carbocycles. The summed E-state index contributed by atoms with van der Waals surface area (Å²) in [7, 11) is 1.65. The zero-order valence-electron chi connectivity index (χ0n) is 25.0. The van der Waals surface area contributed by atoms with E-state index in [0.29, 0.717) is 12.4 Å². The summed E-state index contributed by atoms with van der Waals surface area (Å²) in [4.78, 5) is 15.2. The maximum atomic E-state index is 12.9. The Labute approximate surface area is 247 Å². The largest absolute Gasteiger partial charge is 0.493 e. The highest BCUT2D eigenvalue weighted by Crippen LogP contribution is 2.30. The number of carbonyl (C=O) groups is 1. The van der Waals surface area contributed by atoms with Gasteiger partial charge < -0.3 is 19.7 Å². The molecule has 1 aliphatic heterocycles. The minimum Gasteiger partial charge on any atom is -0.493 e. The van der Waals surface area contributed by atoms with Crippen LogP contribution in [0.25, 0.3) is 0 Å². The van der Waals surface area contributed by atoms with E-state index in [1.165, 1.54) is 76.3 Å². The molecule has 1 amide bonds. The van der Waals surface area contributed by atoms with Crippen LogP contribution < -0.4 is 14.8 Å². The van der Waals surface area contributed by atoms with Gasteiger partial charge in [-0.1, -0.05) is 102 Å². The van der Waals surface area contributed by atoms with Crippen LogP contribution in [0.3, 0.4) is 0 Å². The summed E-state index contributed by atoms with van der Waals surface area (Å²) in [5, 5.41) is 5.30. The fourth-order valence-corrected chi connectivity index (χ4v) is 5.97. The van der Waals surface area contributed by atoms with Gasteiger partial charge in [0.2, 0.25) is 5.91 Å². The van der Waals surface area contributed by atoms with E-state index in [1.54, 1.807) is 18.9 Å². The topological polar surface area (TPSA) is 50.8 Å². The van der Waals surface area contributed by atoms with Crippen molar-refractivity contribution in [3.63, 3.8) is 0 Å². The maximum absolute atomic E-state index is 12.9. The van der Waals surface area contributed by atoms with Crippen LogP contribution in [0.5, 0.6) is 11.5 Å². The van der Waals surface area contributed by atoms with Gasteiger partial charge in [-0.2, -0.15) is 0 Å². The molecule has 1 heterocycles. The average molecular weight is 567 g/mol. The van der Waals surface area contributed by atoms with Gasteiger partial charge in [0.1, 0.15) is 0 Å². The number of carbonyl (C=O) groups excluding carboxylic acids is 1. The first kappa shape index (κ1) is 31.9. The Morgan fingerprint density at radius 1 is 0.900 bits per heavy atom. The number of allylic oxidation sites excluding steroid dienone is 1. The molecule has 0 atom stereocenters. The van der Waals surface area contributed by atoms with Crippen molar-refractivity contribution >= 4 is 23.4 Å². The first-order valence-corrected chi connectivity index (χ1v) is 16.4. The molecule has 5 nitrogen and oxygen atoms in total. The van der Waals surface area contributed by atoms with Crippen LogP contribution in [0.4, 0.5) is 5.69 Å². The number of hydrogen-bond donors (Lipinski definition) is 1. The van der Waals surface area contributed by atoms with Crippen LogP contribution in [-0.4, -0.2) is 30.4 Å². The first-order valence-electron chi connectivity index (χ1n) is 15.3. The maximum Gasteiger partial charge on any atom is 0.228 e. The average Bonchev–Trinajstić information content (AvgIpc) is 3.36. The smallest absolute Gasteiger partial charge is 0.228 e. The van der Waals surface area contributed by atoms with Gasteiger partial charge in [0.05, 0.1) is 26.0 Å². The molecule has 2 aromatic rings. The van der Waals surface area contributed by atoms with Crippen LogP contribution in [0.2, 0.25) is 0 Å². The number of nitrogens with zero attached hydrogens (tertiary/aromatic N) is 1. The number of para-hydroxylation sites is 1. The number of hydrogen-bond acceptors (Lipinski definition) is 5. The molecule has 0 unspecified atom stereocenters. The van der Waals surface area contributed by atoms with Gasteiger partial charge in [-0.15, -0.1) is 11.8 Å². The van der Waals surface area contributed by atoms with Gasteiger partial charge >= 0.3 is 0 Å². The van der Waals surface area contributed by atoms with Crippen LogP contribution in [0.1, 0.15) is 102 Å². The van der Waals surface area contributed by atoms with Crippen molar-refractivity contribution < 1.29 is 14.3 Å². The van der Waals surface area contributed by atoms with E-state index in [1.807, 2.05) is 36.4 Å². The third-order valence-electron chi connectivity index (χ3n) is 7.48. The van der Waals surface area contributed by atoms with E-state index in [9.17, 15) is 4.79 Å². The highest BCUT2D eigenvalue weighted by molar-refractivity contribution is 8.02. The molecular formula is C34H50N2O3S. The van der Waals surface area contributed by atoms with Crippen LogP contribution >= 0.6 is 11.8 Å². The normalized spacial score (nSPS) is 12.9. The number of unbranched alkanes of at least 4 members (excludes halogenated alkanes) is 11. The van der Waals surface area contributed by atoms with E-state index >= 15 is 0 Å². The quantitative estimate of drug-likeness (QED) is 0.162. The molecule has 0 spiro atoms. The standard InChI is InChI=1S/C34H50N2O3S/c1-4-5-6-7-8-9-10-11-12-13-14-17-22-39-32-21-20-29(23-33(32)38-3)24-34(37)35-31-19-16-15-18-30(31)25-36-27-40-26-28(36)2/h15-16,18-21,23,26H,4-14,17,22,24-25,27H2,1-3H3,(H,35,37).